The fraction of sp³-hybridized carbons (Fsp3) is 0.750. The first-order chi connectivity index (χ1) is 8.00. The quantitative estimate of drug-likeness (QED) is 0.840. The van der Waals surface area contributed by atoms with Crippen molar-refractivity contribution in [2.24, 2.45) is 11.3 Å². The highest BCUT2D eigenvalue weighted by atomic mass is 16.2. The largest absolute Gasteiger partial charge is 0.346 e. The van der Waals surface area contributed by atoms with Crippen LogP contribution in [-0.4, -0.2) is 21.1 Å². The van der Waals surface area contributed by atoms with Crippen LogP contribution in [0.15, 0.2) is 6.33 Å². The molecular formula is C12H20N4O. The Labute approximate surface area is 101 Å². The summed E-state index contributed by atoms with van der Waals surface area (Å²) in [6.07, 6.45) is 4.71. The van der Waals surface area contributed by atoms with Gasteiger partial charge in [0.2, 0.25) is 5.91 Å². The maximum atomic E-state index is 12.2. The molecule has 2 unspecified atom stereocenters. The Hall–Kier alpha value is -1.39. The summed E-state index contributed by atoms with van der Waals surface area (Å²) >= 11 is 0. The second-order valence-corrected chi connectivity index (χ2v) is 5.53. The molecule has 5 heteroatoms. The fourth-order valence-corrected chi connectivity index (χ4v) is 2.62. The number of carbonyl (C=O) groups excluding carboxylic acids is 1. The molecule has 1 heterocycles. The van der Waals surface area contributed by atoms with Gasteiger partial charge in [0.1, 0.15) is 12.2 Å². The highest BCUT2D eigenvalue weighted by Gasteiger charge is 2.39. The predicted molar refractivity (Wildman–Crippen MR) is 64.1 cm³/mol. The molecule has 1 fully saturated rings. The van der Waals surface area contributed by atoms with Crippen molar-refractivity contribution >= 4 is 5.91 Å². The molecule has 0 radical (unpaired) electrons. The van der Waals surface area contributed by atoms with E-state index in [2.05, 4.69) is 34.3 Å². The number of nitrogens with one attached hydrogen (secondary N) is 2. The molecule has 1 aliphatic rings. The summed E-state index contributed by atoms with van der Waals surface area (Å²) in [5.74, 6) is 0.957. The van der Waals surface area contributed by atoms with Gasteiger partial charge in [-0.05, 0) is 25.2 Å². The zero-order chi connectivity index (χ0) is 12.5. The number of nitrogens with zero attached hydrogens (tertiary/aromatic N) is 2. The van der Waals surface area contributed by atoms with Crippen LogP contribution in [0.25, 0.3) is 0 Å². The molecule has 17 heavy (non-hydrogen) atoms. The highest BCUT2D eigenvalue weighted by molar-refractivity contribution is 5.80. The summed E-state index contributed by atoms with van der Waals surface area (Å²) in [6.45, 7) is 6.26. The van der Waals surface area contributed by atoms with Crippen LogP contribution in [0, 0.1) is 11.3 Å². The molecule has 1 aromatic heterocycles. The molecule has 0 spiro atoms. The lowest BCUT2D eigenvalue weighted by Crippen LogP contribution is -2.37. The topological polar surface area (TPSA) is 70.7 Å². The second kappa shape index (κ2) is 4.47. The summed E-state index contributed by atoms with van der Waals surface area (Å²) in [5.41, 5.74) is 0.116. The smallest absolute Gasteiger partial charge is 0.224 e. The number of H-pyrrole nitrogens is 1. The molecule has 1 saturated carbocycles. The van der Waals surface area contributed by atoms with Gasteiger partial charge in [-0.1, -0.05) is 20.3 Å². The molecule has 0 aromatic carbocycles. The van der Waals surface area contributed by atoms with Gasteiger partial charge in [0, 0.05) is 5.92 Å². The SMILES string of the molecule is CC(NC(=O)C1CCCC1(C)C)c1ncn[nH]1. The molecule has 94 valence electrons. The van der Waals surface area contributed by atoms with Gasteiger partial charge < -0.3 is 5.32 Å². The Bertz CT molecular complexity index is 385. The van der Waals surface area contributed by atoms with E-state index in [1.807, 2.05) is 6.92 Å². The van der Waals surface area contributed by atoms with Crippen molar-refractivity contribution in [2.45, 2.75) is 46.1 Å². The van der Waals surface area contributed by atoms with Crippen molar-refractivity contribution < 1.29 is 4.79 Å². The van der Waals surface area contributed by atoms with Crippen LogP contribution >= 0.6 is 0 Å². The lowest BCUT2D eigenvalue weighted by molar-refractivity contribution is -0.128. The van der Waals surface area contributed by atoms with E-state index in [1.165, 1.54) is 6.33 Å². The number of rotatable bonds is 3. The van der Waals surface area contributed by atoms with Crippen LogP contribution in [0.2, 0.25) is 0 Å². The molecule has 1 amide bonds. The molecule has 5 nitrogen and oxygen atoms in total. The van der Waals surface area contributed by atoms with Crippen molar-refractivity contribution in [3.8, 4) is 0 Å². The summed E-state index contributed by atoms with van der Waals surface area (Å²) in [4.78, 5) is 16.2. The van der Waals surface area contributed by atoms with Crippen molar-refractivity contribution in [3.05, 3.63) is 12.2 Å². The van der Waals surface area contributed by atoms with E-state index < -0.39 is 0 Å². The van der Waals surface area contributed by atoms with Crippen LogP contribution in [0.3, 0.4) is 0 Å². The fourth-order valence-electron chi connectivity index (χ4n) is 2.62. The highest BCUT2D eigenvalue weighted by Crippen LogP contribution is 2.42. The second-order valence-electron chi connectivity index (χ2n) is 5.53. The van der Waals surface area contributed by atoms with Crippen molar-refractivity contribution in [1.29, 1.82) is 0 Å². The van der Waals surface area contributed by atoms with Crippen LogP contribution < -0.4 is 5.32 Å². The third-order valence-electron chi connectivity index (χ3n) is 3.78. The molecule has 1 aromatic rings. The Balaban J connectivity index is 1.98. The van der Waals surface area contributed by atoms with Crippen LogP contribution in [0.5, 0.6) is 0 Å². The lowest BCUT2D eigenvalue weighted by Gasteiger charge is -2.27. The molecule has 2 N–H and O–H groups in total. The van der Waals surface area contributed by atoms with E-state index in [0.717, 1.165) is 19.3 Å². The van der Waals surface area contributed by atoms with Crippen LogP contribution in [-0.2, 0) is 4.79 Å². The van der Waals surface area contributed by atoms with Crippen LogP contribution in [0.1, 0.15) is 51.9 Å². The first-order valence-corrected chi connectivity index (χ1v) is 6.16. The monoisotopic (exact) mass is 236 g/mol. The summed E-state index contributed by atoms with van der Waals surface area (Å²) in [7, 11) is 0. The summed E-state index contributed by atoms with van der Waals surface area (Å²) in [6, 6.07) is -0.110. The summed E-state index contributed by atoms with van der Waals surface area (Å²) < 4.78 is 0. The predicted octanol–water partition coefficient (Wildman–Crippen LogP) is 1.81. The van der Waals surface area contributed by atoms with Crippen LogP contribution in [0.4, 0.5) is 0 Å². The maximum absolute atomic E-state index is 12.2. The van der Waals surface area contributed by atoms with Gasteiger partial charge in [-0.15, -0.1) is 0 Å². The molecular weight excluding hydrogens is 216 g/mol. The molecule has 0 bridgehead atoms. The lowest BCUT2D eigenvalue weighted by atomic mass is 9.81. The van der Waals surface area contributed by atoms with Gasteiger partial charge in [0.15, 0.2) is 0 Å². The van der Waals surface area contributed by atoms with Gasteiger partial charge >= 0.3 is 0 Å². The molecule has 0 saturated heterocycles. The minimum absolute atomic E-state index is 0.110. The van der Waals surface area contributed by atoms with E-state index in [-0.39, 0.29) is 23.3 Å². The average molecular weight is 236 g/mol. The minimum atomic E-state index is -0.110. The van der Waals surface area contributed by atoms with E-state index in [4.69, 9.17) is 0 Å². The number of aromatic nitrogens is 3. The van der Waals surface area contributed by atoms with E-state index in [9.17, 15) is 4.79 Å². The molecule has 1 aliphatic carbocycles. The average Bonchev–Trinajstić information content (AvgIpc) is 2.85. The zero-order valence-corrected chi connectivity index (χ0v) is 10.7. The summed E-state index contributed by atoms with van der Waals surface area (Å²) in [5, 5.41) is 9.57. The maximum Gasteiger partial charge on any atom is 0.224 e. The van der Waals surface area contributed by atoms with Crippen molar-refractivity contribution in [2.75, 3.05) is 0 Å². The Morgan fingerprint density at radius 1 is 1.65 bits per heavy atom. The standard InChI is InChI=1S/C12H20N4O/c1-8(10-13-7-14-16-10)15-11(17)9-5-4-6-12(9,2)3/h7-9H,4-6H2,1-3H3,(H,15,17)(H,13,14,16). The van der Waals surface area contributed by atoms with Gasteiger partial charge in [0.05, 0.1) is 6.04 Å². The van der Waals surface area contributed by atoms with E-state index >= 15 is 0 Å². The third kappa shape index (κ3) is 2.48. The Kier molecular flexibility index (Phi) is 3.17. The Morgan fingerprint density at radius 2 is 2.41 bits per heavy atom. The van der Waals surface area contributed by atoms with Gasteiger partial charge in [0.25, 0.3) is 0 Å². The number of hydrogen-bond acceptors (Lipinski definition) is 3. The number of carbonyl (C=O) groups is 1. The Morgan fingerprint density at radius 3 is 2.94 bits per heavy atom. The van der Waals surface area contributed by atoms with Gasteiger partial charge in [-0.25, -0.2) is 4.98 Å². The van der Waals surface area contributed by atoms with E-state index in [1.54, 1.807) is 0 Å². The minimum Gasteiger partial charge on any atom is -0.346 e. The van der Waals surface area contributed by atoms with E-state index in [0.29, 0.717) is 5.82 Å². The number of aromatic amines is 1. The number of amides is 1. The van der Waals surface area contributed by atoms with Crippen molar-refractivity contribution in [3.63, 3.8) is 0 Å². The normalized spacial score (nSPS) is 24.5. The zero-order valence-electron chi connectivity index (χ0n) is 10.7. The first-order valence-electron chi connectivity index (χ1n) is 6.16. The van der Waals surface area contributed by atoms with Gasteiger partial charge in [-0.3, -0.25) is 9.89 Å². The van der Waals surface area contributed by atoms with Gasteiger partial charge in [-0.2, -0.15) is 5.10 Å². The molecule has 2 atom stereocenters. The molecule has 2 rings (SSSR count). The van der Waals surface area contributed by atoms with Crippen molar-refractivity contribution in [1.82, 2.24) is 20.5 Å². The first kappa shape index (κ1) is 12.1. The third-order valence-corrected chi connectivity index (χ3v) is 3.78. The molecule has 0 aliphatic heterocycles. The number of hydrogen-bond donors (Lipinski definition) is 2.